The first-order valence-electron chi connectivity index (χ1n) is 4.99. The molecule has 0 aliphatic rings. The molecule has 2 nitrogen and oxygen atoms in total. The number of aryl methyl sites for hydroxylation is 2. The zero-order chi connectivity index (χ0) is 11.4. The number of hydrogen-bond acceptors (Lipinski definition) is 3. The maximum absolute atomic E-state index is 12.6. The Balaban J connectivity index is 2.65. The first-order chi connectivity index (χ1) is 7.04. The van der Waals surface area contributed by atoms with E-state index in [0.29, 0.717) is 13.0 Å². The number of halogens is 2. The van der Waals surface area contributed by atoms with Gasteiger partial charge in [0, 0.05) is 11.3 Å². The lowest BCUT2D eigenvalue weighted by Crippen LogP contribution is -2.37. The van der Waals surface area contributed by atoms with Gasteiger partial charge in [-0.3, -0.25) is 0 Å². The molecular weight excluding hydrogens is 218 g/mol. The molecular formula is C10H16F2N2S. The zero-order valence-electron chi connectivity index (χ0n) is 9.18. The van der Waals surface area contributed by atoms with Crippen molar-refractivity contribution >= 4 is 11.3 Å². The number of hydrogen-bond donors (Lipinski definition) is 1. The highest BCUT2D eigenvalue weighted by Crippen LogP contribution is 2.19. The smallest absolute Gasteiger partial charge is 0.254 e. The van der Waals surface area contributed by atoms with E-state index >= 15 is 0 Å². The molecule has 1 N–H and O–H groups in total. The molecule has 15 heavy (non-hydrogen) atoms. The second-order valence-electron chi connectivity index (χ2n) is 3.45. The average Bonchev–Trinajstić information content (AvgIpc) is 2.45. The van der Waals surface area contributed by atoms with Crippen LogP contribution in [0.2, 0.25) is 0 Å². The fourth-order valence-electron chi connectivity index (χ4n) is 1.33. The van der Waals surface area contributed by atoms with Crippen molar-refractivity contribution in [2.45, 2.75) is 39.7 Å². The second-order valence-corrected chi connectivity index (χ2v) is 4.74. The van der Waals surface area contributed by atoms with E-state index in [-0.39, 0.29) is 0 Å². The minimum absolute atomic E-state index is 0.310. The van der Waals surface area contributed by atoms with Gasteiger partial charge in [0.2, 0.25) is 0 Å². The van der Waals surface area contributed by atoms with Gasteiger partial charge < -0.3 is 5.32 Å². The van der Waals surface area contributed by atoms with Crippen LogP contribution in [0.1, 0.15) is 22.5 Å². The van der Waals surface area contributed by atoms with Crippen LogP contribution in [-0.2, 0) is 6.42 Å². The Morgan fingerprint density at radius 1 is 1.40 bits per heavy atom. The third kappa shape index (κ3) is 3.50. The summed E-state index contributed by atoms with van der Waals surface area (Å²) in [5.74, 6) is 0. The van der Waals surface area contributed by atoms with E-state index in [1.54, 1.807) is 0 Å². The van der Waals surface area contributed by atoms with Crippen LogP contribution in [0.25, 0.3) is 0 Å². The van der Waals surface area contributed by atoms with Gasteiger partial charge in [0.25, 0.3) is 6.43 Å². The van der Waals surface area contributed by atoms with Crippen molar-refractivity contribution in [2.75, 3.05) is 6.54 Å². The van der Waals surface area contributed by atoms with Crippen molar-refractivity contribution in [1.29, 1.82) is 0 Å². The Morgan fingerprint density at radius 2 is 2.07 bits per heavy atom. The number of rotatable bonds is 5. The molecule has 1 unspecified atom stereocenters. The van der Waals surface area contributed by atoms with Crippen LogP contribution in [0, 0.1) is 13.8 Å². The molecule has 0 amide bonds. The van der Waals surface area contributed by atoms with E-state index in [1.807, 2.05) is 20.8 Å². The molecule has 0 saturated heterocycles. The highest BCUT2D eigenvalue weighted by Gasteiger charge is 2.21. The van der Waals surface area contributed by atoms with Crippen LogP contribution in [-0.4, -0.2) is 24.0 Å². The molecule has 0 aromatic carbocycles. The summed E-state index contributed by atoms with van der Waals surface area (Å²) in [6.07, 6.45) is -2.03. The highest BCUT2D eigenvalue weighted by molar-refractivity contribution is 7.11. The first kappa shape index (κ1) is 12.5. The number of aromatic nitrogens is 1. The lowest BCUT2D eigenvalue weighted by molar-refractivity contribution is 0.0990. The number of nitrogens with zero attached hydrogens (tertiary/aromatic N) is 1. The summed E-state index contributed by atoms with van der Waals surface area (Å²) >= 11 is 1.50. The summed E-state index contributed by atoms with van der Waals surface area (Å²) in [5.41, 5.74) is 0.944. The van der Waals surface area contributed by atoms with E-state index in [2.05, 4.69) is 10.3 Å². The Bertz CT molecular complexity index is 293. The Kier molecular flexibility index (Phi) is 4.60. The molecule has 5 heteroatoms. The fourth-order valence-corrected chi connectivity index (χ4v) is 2.32. The van der Waals surface area contributed by atoms with E-state index in [0.717, 1.165) is 15.6 Å². The molecule has 1 heterocycles. The van der Waals surface area contributed by atoms with Gasteiger partial charge in [-0.2, -0.15) is 0 Å². The molecule has 0 fully saturated rings. The second kappa shape index (κ2) is 5.51. The molecule has 0 bridgehead atoms. The van der Waals surface area contributed by atoms with Gasteiger partial charge in [0.15, 0.2) is 0 Å². The number of thiazole rings is 1. The van der Waals surface area contributed by atoms with Gasteiger partial charge in [-0.25, -0.2) is 13.8 Å². The third-order valence-corrected chi connectivity index (χ3v) is 3.33. The summed E-state index contributed by atoms with van der Waals surface area (Å²) in [7, 11) is 0. The van der Waals surface area contributed by atoms with Crippen LogP contribution < -0.4 is 5.32 Å². The summed E-state index contributed by atoms with van der Waals surface area (Å²) in [5, 5.41) is 3.56. The summed E-state index contributed by atoms with van der Waals surface area (Å²) in [4.78, 5) is 5.37. The number of likely N-dealkylation sites (N-methyl/N-ethyl adjacent to an activating group) is 1. The Hall–Kier alpha value is -0.550. The van der Waals surface area contributed by atoms with Crippen molar-refractivity contribution in [2.24, 2.45) is 0 Å². The monoisotopic (exact) mass is 234 g/mol. The first-order valence-corrected chi connectivity index (χ1v) is 5.80. The largest absolute Gasteiger partial charge is 0.309 e. The van der Waals surface area contributed by atoms with Crippen LogP contribution in [0.15, 0.2) is 0 Å². The summed E-state index contributed by atoms with van der Waals surface area (Å²) < 4.78 is 25.2. The van der Waals surface area contributed by atoms with E-state index in [9.17, 15) is 8.78 Å². The molecule has 0 aliphatic carbocycles. The molecule has 1 atom stereocenters. The number of nitrogens with one attached hydrogen (secondary N) is 1. The van der Waals surface area contributed by atoms with Gasteiger partial charge in [-0.05, 0) is 20.4 Å². The van der Waals surface area contributed by atoms with Crippen molar-refractivity contribution in [3.63, 3.8) is 0 Å². The van der Waals surface area contributed by atoms with Crippen molar-refractivity contribution in [1.82, 2.24) is 10.3 Å². The molecule has 0 aliphatic heterocycles. The highest BCUT2D eigenvalue weighted by atomic mass is 32.1. The van der Waals surface area contributed by atoms with Crippen LogP contribution >= 0.6 is 11.3 Å². The van der Waals surface area contributed by atoms with Gasteiger partial charge in [-0.1, -0.05) is 6.92 Å². The normalized spacial score (nSPS) is 13.5. The average molecular weight is 234 g/mol. The molecule has 0 saturated carbocycles. The topological polar surface area (TPSA) is 24.9 Å². The van der Waals surface area contributed by atoms with Gasteiger partial charge in [0.1, 0.15) is 0 Å². The zero-order valence-corrected chi connectivity index (χ0v) is 10.00. The third-order valence-electron chi connectivity index (χ3n) is 2.24. The Labute approximate surface area is 92.7 Å². The Morgan fingerprint density at radius 3 is 2.47 bits per heavy atom. The van der Waals surface area contributed by atoms with Crippen LogP contribution in [0.4, 0.5) is 8.78 Å². The van der Waals surface area contributed by atoms with Crippen LogP contribution in [0.5, 0.6) is 0 Å². The van der Waals surface area contributed by atoms with Gasteiger partial charge in [0.05, 0.1) is 16.7 Å². The summed E-state index contributed by atoms with van der Waals surface area (Å²) in [6, 6.07) is -0.778. The lowest BCUT2D eigenvalue weighted by Gasteiger charge is -2.14. The molecule has 1 aromatic heterocycles. The molecule has 0 radical (unpaired) electrons. The predicted octanol–water partition coefficient (Wildman–Crippen LogP) is 2.55. The van der Waals surface area contributed by atoms with Gasteiger partial charge in [-0.15, -0.1) is 11.3 Å². The quantitative estimate of drug-likeness (QED) is 0.847. The van der Waals surface area contributed by atoms with Crippen LogP contribution in [0.3, 0.4) is 0 Å². The lowest BCUT2D eigenvalue weighted by atomic mass is 10.2. The molecule has 86 valence electrons. The van der Waals surface area contributed by atoms with Gasteiger partial charge >= 0.3 is 0 Å². The van der Waals surface area contributed by atoms with Crippen molar-refractivity contribution < 1.29 is 8.78 Å². The summed E-state index contributed by atoms with van der Waals surface area (Å²) in [6.45, 7) is 6.24. The number of alkyl halides is 2. The standard InChI is InChI=1S/C10H16F2N2S/c1-4-13-8(10(11)12)5-9-14-6(2)7(3)15-9/h8,10,13H,4-5H2,1-3H3. The molecule has 0 spiro atoms. The maximum atomic E-state index is 12.6. The van der Waals surface area contributed by atoms with E-state index in [1.165, 1.54) is 11.3 Å². The van der Waals surface area contributed by atoms with E-state index < -0.39 is 12.5 Å². The maximum Gasteiger partial charge on any atom is 0.254 e. The minimum atomic E-state index is -2.34. The van der Waals surface area contributed by atoms with Crippen molar-refractivity contribution in [3.8, 4) is 0 Å². The molecule has 1 aromatic rings. The SMILES string of the molecule is CCNC(Cc1nc(C)c(C)s1)C(F)F. The molecule has 1 rings (SSSR count). The van der Waals surface area contributed by atoms with Crippen molar-refractivity contribution in [3.05, 3.63) is 15.6 Å². The minimum Gasteiger partial charge on any atom is -0.309 e. The predicted molar refractivity (Wildman–Crippen MR) is 58.8 cm³/mol. The van der Waals surface area contributed by atoms with E-state index in [4.69, 9.17) is 0 Å². The fraction of sp³-hybridized carbons (Fsp3) is 0.700.